The zero-order valence-electron chi connectivity index (χ0n) is 11.5. The highest BCUT2D eigenvalue weighted by atomic mass is 16.5. The molecule has 0 spiro atoms. The molecule has 1 aromatic rings. The van der Waals surface area contributed by atoms with Crippen molar-refractivity contribution in [3.63, 3.8) is 0 Å². The molecule has 0 saturated heterocycles. The minimum absolute atomic E-state index is 0.0656. The zero-order chi connectivity index (χ0) is 15.1. The van der Waals surface area contributed by atoms with Crippen LogP contribution < -0.4 is 10.1 Å². The number of aromatic hydroxyl groups is 1. The highest BCUT2D eigenvalue weighted by Gasteiger charge is 2.18. The SMILES string of the molecule is CCCC(CC(=O)O)NC(=O)c1cc(OC)ccc1O. The number of carboxylic acid groups (broad SMARTS) is 1. The number of benzene rings is 1. The molecule has 0 radical (unpaired) electrons. The summed E-state index contributed by atoms with van der Waals surface area (Å²) in [6, 6.07) is 3.84. The summed E-state index contributed by atoms with van der Waals surface area (Å²) in [5, 5.41) is 21.1. The number of carbonyl (C=O) groups is 2. The third-order valence-corrected chi connectivity index (χ3v) is 2.84. The van der Waals surface area contributed by atoms with Crippen molar-refractivity contribution in [1.29, 1.82) is 0 Å². The Bertz CT molecular complexity index is 486. The number of carbonyl (C=O) groups excluding carboxylic acids is 1. The third kappa shape index (κ3) is 4.46. The first kappa shape index (κ1) is 15.8. The Morgan fingerprint density at radius 2 is 2.10 bits per heavy atom. The van der Waals surface area contributed by atoms with Crippen LogP contribution in [0.15, 0.2) is 18.2 Å². The largest absolute Gasteiger partial charge is 0.507 e. The molecule has 6 heteroatoms. The molecule has 0 aliphatic rings. The molecule has 3 N–H and O–H groups in total. The number of rotatable bonds is 7. The van der Waals surface area contributed by atoms with Crippen molar-refractivity contribution in [2.75, 3.05) is 7.11 Å². The van der Waals surface area contributed by atoms with Gasteiger partial charge in [0.1, 0.15) is 11.5 Å². The van der Waals surface area contributed by atoms with E-state index in [-0.39, 0.29) is 17.7 Å². The highest BCUT2D eigenvalue weighted by molar-refractivity contribution is 5.97. The van der Waals surface area contributed by atoms with Gasteiger partial charge in [-0.25, -0.2) is 0 Å². The minimum atomic E-state index is -0.974. The van der Waals surface area contributed by atoms with E-state index in [0.717, 1.165) is 6.42 Å². The highest BCUT2D eigenvalue weighted by Crippen LogP contribution is 2.23. The Morgan fingerprint density at radius 1 is 1.40 bits per heavy atom. The van der Waals surface area contributed by atoms with Crippen molar-refractivity contribution in [3.8, 4) is 11.5 Å². The molecule has 1 unspecified atom stereocenters. The van der Waals surface area contributed by atoms with Crippen LogP contribution in [0.4, 0.5) is 0 Å². The summed E-state index contributed by atoms with van der Waals surface area (Å²) in [6.45, 7) is 1.91. The van der Waals surface area contributed by atoms with Crippen molar-refractivity contribution < 1.29 is 24.5 Å². The van der Waals surface area contributed by atoms with E-state index in [0.29, 0.717) is 12.2 Å². The fraction of sp³-hybridized carbons (Fsp3) is 0.429. The molecule has 0 aliphatic heterocycles. The molecule has 0 bridgehead atoms. The Labute approximate surface area is 117 Å². The summed E-state index contributed by atoms with van der Waals surface area (Å²) < 4.78 is 4.99. The van der Waals surface area contributed by atoms with Crippen LogP contribution in [-0.4, -0.2) is 35.2 Å². The fourth-order valence-corrected chi connectivity index (χ4v) is 1.87. The molecule has 1 aromatic carbocycles. The van der Waals surface area contributed by atoms with Crippen LogP contribution in [0.3, 0.4) is 0 Å². The maximum atomic E-state index is 12.1. The van der Waals surface area contributed by atoms with Gasteiger partial charge in [0, 0.05) is 6.04 Å². The van der Waals surface area contributed by atoms with Gasteiger partial charge in [0.25, 0.3) is 5.91 Å². The molecule has 0 fully saturated rings. The van der Waals surface area contributed by atoms with Gasteiger partial charge in [0.05, 0.1) is 19.1 Å². The molecule has 1 atom stereocenters. The molecule has 110 valence electrons. The minimum Gasteiger partial charge on any atom is -0.507 e. The number of methoxy groups -OCH3 is 1. The molecule has 6 nitrogen and oxygen atoms in total. The van der Waals surface area contributed by atoms with E-state index in [1.807, 2.05) is 6.92 Å². The van der Waals surface area contributed by atoms with Gasteiger partial charge in [-0.15, -0.1) is 0 Å². The van der Waals surface area contributed by atoms with E-state index >= 15 is 0 Å². The van der Waals surface area contributed by atoms with Crippen LogP contribution in [0.5, 0.6) is 11.5 Å². The summed E-state index contributed by atoms with van der Waals surface area (Å²) in [5.41, 5.74) is 0.0656. The number of hydrogen-bond acceptors (Lipinski definition) is 4. The van der Waals surface area contributed by atoms with Gasteiger partial charge < -0.3 is 20.3 Å². The van der Waals surface area contributed by atoms with Gasteiger partial charge in [0.15, 0.2) is 0 Å². The average molecular weight is 281 g/mol. The van der Waals surface area contributed by atoms with Crippen LogP contribution in [0.1, 0.15) is 36.5 Å². The summed E-state index contributed by atoms with van der Waals surface area (Å²) in [7, 11) is 1.46. The van der Waals surface area contributed by atoms with Gasteiger partial charge >= 0.3 is 5.97 Å². The summed E-state index contributed by atoms with van der Waals surface area (Å²) in [6.07, 6.45) is 1.16. The first-order chi connectivity index (χ1) is 9.47. The Kier molecular flexibility index (Phi) is 5.83. The lowest BCUT2D eigenvalue weighted by Gasteiger charge is -2.16. The number of aliphatic carboxylic acids is 1. The number of phenols is 1. The molecule has 1 rings (SSSR count). The quantitative estimate of drug-likeness (QED) is 0.708. The molecular formula is C14H19NO5. The number of phenolic OH excluding ortho intramolecular Hbond substituents is 1. The van der Waals surface area contributed by atoms with Gasteiger partial charge in [-0.2, -0.15) is 0 Å². The first-order valence-electron chi connectivity index (χ1n) is 6.37. The summed E-state index contributed by atoms with van der Waals surface area (Å²) >= 11 is 0. The maximum Gasteiger partial charge on any atom is 0.305 e. The monoisotopic (exact) mass is 281 g/mol. The average Bonchev–Trinajstić information content (AvgIpc) is 2.38. The zero-order valence-corrected chi connectivity index (χ0v) is 11.5. The Balaban J connectivity index is 2.85. The van der Waals surface area contributed by atoms with Crippen molar-refractivity contribution in [3.05, 3.63) is 23.8 Å². The number of carboxylic acids is 1. The van der Waals surface area contributed by atoms with E-state index in [1.54, 1.807) is 0 Å². The molecule has 0 saturated carbocycles. The van der Waals surface area contributed by atoms with Crippen molar-refractivity contribution in [2.24, 2.45) is 0 Å². The lowest BCUT2D eigenvalue weighted by atomic mass is 10.1. The topological polar surface area (TPSA) is 95.9 Å². The second-order valence-corrected chi connectivity index (χ2v) is 4.44. The molecule has 20 heavy (non-hydrogen) atoms. The number of nitrogens with one attached hydrogen (secondary N) is 1. The first-order valence-corrected chi connectivity index (χ1v) is 6.37. The molecule has 1 amide bonds. The normalized spacial score (nSPS) is 11.7. The Hall–Kier alpha value is -2.24. The second-order valence-electron chi connectivity index (χ2n) is 4.44. The molecule has 0 aliphatic carbocycles. The third-order valence-electron chi connectivity index (χ3n) is 2.84. The number of hydrogen-bond donors (Lipinski definition) is 3. The molecular weight excluding hydrogens is 262 g/mol. The van der Waals surface area contributed by atoms with Gasteiger partial charge in [-0.1, -0.05) is 13.3 Å². The smallest absolute Gasteiger partial charge is 0.305 e. The van der Waals surface area contributed by atoms with E-state index in [2.05, 4.69) is 5.32 Å². The van der Waals surface area contributed by atoms with E-state index in [4.69, 9.17) is 9.84 Å². The van der Waals surface area contributed by atoms with Crippen LogP contribution in [0, 0.1) is 0 Å². The number of amides is 1. The van der Waals surface area contributed by atoms with Crippen LogP contribution in [0.25, 0.3) is 0 Å². The second kappa shape index (κ2) is 7.37. The van der Waals surface area contributed by atoms with Gasteiger partial charge in [0.2, 0.25) is 0 Å². The maximum absolute atomic E-state index is 12.1. The standard InChI is InChI=1S/C14H19NO5/c1-3-4-9(7-13(17)18)15-14(19)11-8-10(20-2)5-6-12(11)16/h5-6,8-9,16H,3-4,7H2,1-2H3,(H,15,19)(H,17,18). The van der Waals surface area contributed by atoms with E-state index in [1.165, 1.54) is 25.3 Å². The fourth-order valence-electron chi connectivity index (χ4n) is 1.87. The van der Waals surface area contributed by atoms with Crippen LogP contribution in [-0.2, 0) is 4.79 Å². The molecule has 0 heterocycles. The predicted octanol–water partition coefficient (Wildman–Crippen LogP) is 1.77. The lowest BCUT2D eigenvalue weighted by Crippen LogP contribution is -2.36. The predicted molar refractivity (Wildman–Crippen MR) is 73.1 cm³/mol. The van der Waals surface area contributed by atoms with Crippen LogP contribution in [0.2, 0.25) is 0 Å². The summed E-state index contributed by atoms with van der Waals surface area (Å²) in [5.74, 6) is -1.22. The lowest BCUT2D eigenvalue weighted by molar-refractivity contribution is -0.137. The van der Waals surface area contributed by atoms with Crippen LogP contribution >= 0.6 is 0 Å². The number of ether oxygens (including phenoxy) is 1. The van der Waals surface area contributed by atoms with Crippen molar-refractivity contribution >= 4 is 11.9 Å². The van der Waals surface area contributed by atoms with Gasteiger partial charge in [-0.3, -0.25) is 9.59 Å². The molecule has 0 aromatic heterocycles. The van der Waals surface area contributed by atoms with E-state index in [9.17, 15) is 14.7 Å². The Morgan fingerprint density at radius 3 is 2.65 bits per heavy atom. The van der Waals surface area contributed by atoms with E-state index < -0.39 is 17.9 Å². The van der Waals surface area contributed by atoms with Gasteiger partial charge in [-0.05, 0) is 24.6 Å². The van der Waals surface area contributed by atoms with Crippen molar-refractivity contribution in [2.45, 2.75) is 32.2 Å². The van der Waals surface area contributed by atoms with Crippen molar-refractivity contribution in [1.82, 2.24) is 5.32 Å². The summed E-state index contributed by atoms with van der Waals surface area (Å²) in [4.78, 5) is 22.8.